The summed E-state index contributed by atoms with van der Waals surface area (Å²) in [5.41, 5.74) is 4.26. The van der Waals surface area contributed by atoms with Crippen molar-refractivity contribution in [1.82, 2.24) is 19.4 Å². The molecule has 1 amide bonds. The van der Waals surface area contributed by atoms with Gasteiger partial charge in [-0.05, 0) is 56.1 Å². The summed E-state index contributed by atoms with van der Waals surface area (Å²) < 4.78 is 2.09. The third-order valence-electron chi connectivity index (χ3n) is 4.88. The number of likely N-dealkylation sites (N-methyl/N-ethyl adjacent to an activating group) is 1. The lowest BCUT2D eigenvalue weighted by Crippen LogP contribution is -2.26. The largest absolute Gasteiger partial charge is 0.329 e. The Morgan fingerprint density at radius 1 is 1.36 bits per heavy atom. The number of anilines is 1. The molecule has 0 fully saturated rings. The van der Waals surface area contributed by atoms with E-state index in [0.717, 1.165) is 53.3 Å². The second-order valence-electron chi connectivity index (χ2n) is 7.22. The maximum absolute atomic E-state index is 12.7. The number of carbonyl (C=O) groups excluding carboxylic acids is 1. The van der Waals surface area contributed by atoms with Crippen molar-refractivity contribution in [2.24, 2.45) is 0 Å². The molecule has 0 aliphatic carbocycles. The fourth-order valence-corrected chi connectivity index (χ4v) is 4.28. The molecule has 146 valence electrons. The Balaban J connectivity index is 1.55. The van der Waals surface area contributed by atoms with Gasteiger partial charge >= 0.3 is 0 Å². The van der Waals surface area contributed by atoms with E-state index in [1.165, 1.54) is 0 Å². The van der Waals surface area contributed by atoms with Gasteiger partial charge in [-0.15, -0.1) is 0 Å². The first-order valence-electron chi connectivity index (χ1n) is 9.25. The van der Waals surface area contributed by atoms with Crippen LogP contribution in [0.2, 0.25) is 0 Å². The number of nitrogens with one attached hydrogen (secondary N) is 2. The van der Waals surface area contributed by atoms with Gasteiger partial charge < -0.3 is 19.8 Å². The number of amides is 1. The van der Waals surface area contributed by atoms with Crippen LogP contribution in [0.1, 0.15) is 21.6 Å². The highest BCUT2D eigenvalue weighted by atomic mass is 32.2. The molecule has 3 heterocycles. The van der Waals surface area contributed by atoms with Gasteiger partial charge in [0.2, 0.25) is 0 Å². The van der Waals surface area contributed by atoms with Gasteiger partial charge in [0.1, 0.15) is 5.56 Å². The average molecular weight is 398 g/mol. The number of hydrogen-bond donors (Lipinski definition) is 2. The summed E-state index contributed by atoms with van der Waals surface area (Å²) in [6.45, 7) is 1.76. The Morgan fingerprint density at radius 3 is 3.04 bits per heavy atom. The number of aromatic amines is 1. The summed E-state index contributed by atoms with van der Waals surface area (Å²) in [5.74, 6) is 1.42. The number of fused-ring (bicyclic) bond motifs is 2. The maximum atomic E-state index is 12.7. The Labute approximate surface area is 167 Å². The molecule has 1 aromatic carbocycles. The number of nitrogens with zero attached hydrogens (tertiary/aromatic N) is 3. The fourth-order valence-electron chi connectivity index (χ4n) is 3.31. The molecule has 0 unspecified atom stereocenters. The number of rotatable bonds is 5. The molecule has 0 bridgehead atoms. The van der Waals surface area contributed by atoms with E-state index in [-0.39, 0.29) is 11.1 Å². The number of pyridine rings is 1. The molecule has 0 radical (unpaired) electrons. The molecule has 2 N–H and O–H groups in total. The van der Waals surface area contributed by atoms with Crippen LogP contribution >= 0.6 is 11.8 Å². The first-order chi connectivity index (χ1) is 13.5. The van der Waals surface area contributed by atoms with Crippen molar-refractivity contribution in [2.45, 2.75) is 18.7 Å². The maximum Gasteiger partial charge on any atom is 0.261 e. The molecule has 3 aromatic rings. The van der Waals surface area contributed by atoms with Crippen LogP contribution in [0.15, 0.2) is 35.4 Å². The van der Waals surface area contributed by atoms with E-state index < -0.39 is 5.91 Å². The van der Waals surface area contributed by atoms with E-state index in [1.54, 1.807) is 6.07 Å². The van der Waals surface area contributed by atoms with Crippen LogP contribution in [-0.2, 0) is 18.7 Å². The number of H-pyrrole nitrogens is 1. The minimum Gasteiger partial charge on any atom is -0.329 e. The van der Waals surface area contributed by atoms with Gasteiger partial charge in [0, 0.05) is 30.2 Å². The average Bonchev–Trinajstić information content (AvgIpc) is 3.08. The van der Waals surface area contributed by atoms with Crippen LogP contribution in [-0.4, -0.2) is 51.7 Å². The quantitative estimate of drug-likeness (QED) is 0.690. The summed E-state index contributed by atoms with van der Waals surface area (Å²) in [7, 11) is 4.07. The number of imidazole rings is 1. The van der Waals surface area contributed by atoms with Crippen LogP contribution < -0.4 is 10.9 Å². The van der Waals surface area contributed by atoms with E-state index in [0.29, 0.717) is 5.69 Å². The van der Waals surface area contributed by atoms with E-state index in [9.17, 15) is 9.59 Å². The zero-order valence-electron chi connectivity index (χ0n) is 16.0. The molecule has 0 atom stereocenters. The van der Waals surface area contributed by atoms with Crippen LogP contribution in [0.4, 0.5) is 5.69 Å². The predicted octanol–water partition coefficient (Wildman–Crippen LogP) is 2.33. The molecule has 1 aliphatic heterocycles. The van der Waals surface area contributed by atoms with Crippen LogP contribution in [0.3, 0.4) is 0 Å². The first-order valence-corrected chi connectivity index (χ1v) is 10.4. The standard InChI is InChI=1S/C20H23N5O2S/c1-24(2)6-7-25-12-21-17-10-14(3-4-18(17)25)22-19(26)15-9-13-11-28-8-5-16(13)23-20(15)27/h3-4,9-10,12H,5-8,11H2,1-2H3,(H,22,26)(H,23,27). The smallest absolute Gasteiger partial charge is 0.261 e. The molecule has 4 rings (SSSR count). The Kier molecular flexibility index (Phi) is 5.23. The number of carbonyl (C=O) groups is 1. The topological polar surface area (TPSA) is 83.0 Å². The lowest BCUT2D eigenvalue weighted by Gasteiger charge is -2.15. The Morgan fingerprint density at radius 2 is 2.21 bits per heavy atom. The molecule has 0 saturated heterocycles. The summed E-state index contributed by atoms with van der Waals surface area (Å²) in [5, 5.41) is 2.83. The Hall–Kier alpha value is -2.58. The normalized spacial score (nSPS) is 13.7. The number of hydrogen-bond acceptors (Lipinski definition) is 5. The third kappa shape index (κ3) is 3.83. The number of aryl methyl sites for hydroxylation is 1. The van der Waals surface area contributed by atoms with Crippen LogP contribution in [0.5, 0.6) is 0 Å². The summed E-state index contributed by atoms with van der Waals surface area (Å²) in [6.07, 6.45) is 2.65. The molecule has 0 spiro atoms. The minimum absolute atomic E-state index is 0.151. The molecule has 1 aliphatic rings. The van der Waals surface area contributed by atoms with Gasteiger partial charge in [0.05, 0.1) is 17.4 Å². The van der Waals surface area contributed by atoms with Gasteiger partial charge in [-0.2, -0.15) is 11.8 Å². The zero-order valence-corrected chi connectivity index (χ0v) is 16.8. The second kappa shape index (κ2) is 7.81. The highest BCUT2D eigenvalue weighted by Crippen LogP contribution is 2.23. The van der Waals surface area contributed by atoms with Gasteiger partial charge in [0.15, 0.2) is 0 Å². The van der Waals surface area contributed by atoms with Gasteiger partial charge in [-0.25, -0.2) is 4.98 Å². The Bertz CT molecular complexity index is 1090. The number of thioether (sulfide) groups is 1. The summed E-state index contributed by atoms with van der Waals surface area (Å²) >= 11 is 1.81. The van der Waals surface area contributed by atoms with E-state index in [1.807, 2.05) is 50.4 Å². The van der Waals surface area contributed by atoms with Gasteiger partial charge in [-0.3, -0.25) is 9.59 Å². The van der Waals surface area contributed by atoms with Gasteiger partial charge in [-0.1, -0.05) is 0 Å². The van der Waals surface area contributed by atoms with Crippen molar-refractivity contribution in [3.05, 3.63) is 57.8 Å². The molecular weight excluding hydrogens is 374 g/mol. The van der Waals surface area contributed by atoms with Gasteiger partial charge in [0.25, 0.3) is 11.5 Å². The van der Waals surface area contributed by atoms with E-state index in [2.05, 4.69) is 24.8 Å². The van der Waals surface area contributed by atoms with Crippen molar-refractivity contribution in [3.8, 4) is 0 Å². The highest BCUT2D eigenvalue weighted by molar-refractivity contribution is 7.98. The SMILES string of the molecule is CN(C)CCn1cnc2cc(NC(=O)c3cc4c([nH]c3=O)CCSC4)ccc21. The summed E-state index contributed by atoms with van der Waals surface area (Å²) in [6, 6.07) is 7.35. The van der Waals surface area contributed by atoms with Crippen LogP contribution in [0.25, 0.3) is 11.0 Å². The van der Waals surface area contributed by atoms with E-state index in [4.69, 9.17) is 0 Å². The van der Waals surface area contributed by atoms with Crippen LogP contribution in [0, 0.1) is 0 Å². The molecule has 7 nitrogen and oxygen atoms in total. The highest BCUT2D eigenvalue weighted by Gasteiger charge is 2.17. The minimum atomic E-state index is -0.397. The van der Waals surface area contributed by atoms with Crippen molar-refractivity contribution < 1.29 is 4.79 Å². The fraction of sp³-hybridized carbons (Fsp3) is 0.350. The molecule has 2 aromatic heterocycles. The molecular formula is C20H23N5O2S. The zero-order chi connectivity index (χ0) is 19.7. The van der Waals surface area contributed by atoms with E-state index >= 15 is 0 Å². The number of aromatic nitrogens is 3. The monoisotopic (exact) mass is 397 g/mol. The predicted molar refractivity (Wildman–Crippen MR) is 113 cm³/mol. The number of benzene rings is 1. The summed E-state index contributed by atoms with van der Waals surface area (Å²) in [4.78, 5) is 34.4. The molecule has 28 heavy (non-hydrogen) atoms. The lowest BCUT2D eigenvalue weighted by atomic mass is 10.1. The first kappa shape index (κ1) is 18.8. The lowest BCUT2D eigenvalue weighted by molar-refractivity contribution is 0.102. The van der Waals surface area contributed by atoms with Crippen molar-refractivity contribution in [2.75, 3.05) is 31.7 Å². The van der Waals surface area contributed by atoms with Crippen molar-refractivity contribution >= 4 is 34.4 Å². The second-order valence-corrected chi connectivity index (χ2v) is 8.32. The van der Waals surface area contributed by atoms with Crippen molar-refractivity contribution in [1.29, 1.82) is 0 Å². The third-order valence-corrected chi connectivity index (χ3v) is 5.89. The molecule has 0 saturated carbocycles. The molecule has 8 heteroatoms. The van der Waals surface area contributed by atoms with Crippen molar-refractivity contribution in [3.63, 3.8) is 0 Å².